The van der Waals surface area contributed by atoms with Gasteiger partial charge in [0.25, 0.3) is 0 Å². The average Bonchev–Trinajstić information content (AvgIpc) is 2.33. The summed E-state index contributed by atoms with van der Waals surface area (Å²) in [5.74, 6) is 0. The lowest BCUT2D eigenvalue weighted by atomic mass is 10.2. The van der Waals surface area contributed by atoms with Gasteiger partial charge in [0.2, 0.25) is 0 Å². The first-order valence-electron chi connectivity index (χ1n) is 2.95. The fourth-order valence-electron chi connectivity index (χ4n) is 0.875. The van der Waals surface area contributed by atoms with Crippen molar-refractivity contribution in [1.29, 1.82) is 0 Å². The van der Waals surface area contributed by atoms with Crippen molar-refractivity contribution in [1.82, 2.24) is 4.98 Å². The zero-order valence-electron chi connectivity index (χ0n) is 5.24. The van der Waals surface area contributed by atoms with Crippen LogP contribution < -0.4 is 0 Å². The molecule has 0 aliphatic heterocycles. The van der Waals surface area contributed by atoms with Crippen LogP contribution in [0.1, 0.15) is 5.56 Å². The number of hydrogen-bond acceptors (Lipinski definition) is 2. The van der Waals surface area contributed by atoms with E-state index in [1.807, 2.05) is 23.7 Å². The summed E-state index contributed by atoms with van der Waals surface area (Å²) >= 11 is 1.63. The molecule has 0 aliphatic carbocycles. The monoisotopic (exact) mass is 147 g/mol. The Balaban J connectivity index is 2.86. The van der Waals surface area contributed by atoms with E-state index in [9.17, 15) is 0 Å². The normalized spacial score (nSPS) is 10.5. The summed E-state index contributed by atoms with van der Waals surface area (Å²) in [6.07, 6.45) is 0. The molecule has 2 heteroatoms. The van der Waals surface area contributed by atoms with E-state index < -0.39 is 0 Å². The molecule has 0 saturated heterocycles. The number of nitrogens with zero attached hydrogens (tertiary/aromatic N) is 1. The highest BCUT2D eigenvalue weighted by molar-refractivity contribution is 7.16. The minimum atomic E-state index is 0.776. The van der Waals surface area contributed by atoms with Crippen LogP contribution in [0.2, 0.25) is 0 Å². The predicted octanol–water partition coefficient (Wildman–Crippen LogP) is 2.36. The van der Waals surface area contributed by atoms with Crippen molar-refractivity contribution in [3.05, 3.63) is 36.2 Å². The summed E-state index contributed by atoms with van der Waals surface area (Å²) in [5.41, 5.74) is 3.59. The SMILES string of the molecule is [CH]c1ccc2scnc2c1. The second kappa shape index (κ2) is 2.06. The van der Waals surface area contributed by atoms with Crippen LogP contribution >= 0.6 is 11.3 Å². The number of fused-ring (bicyclic) bond motifs is 1. The van der Waals surface area contributed by atoms with E-state index in [1.165, 1.54) is 4.70 Å². The van der Waals surface area contributed by atoms with E-state index in [1.54, 1.807) is 11.3 Å². The third-order valence-electron chi connectivity index (χ3n) is 1.35. The predicted molar refractivity (Wildman–Crippen MR) is 43.0 cm³/mol. The second-order valence-corrected chi connectivity index (χ2v) is 2.97. The largest absolute Gasteiger partial charge is 0.245 e. The molecule has 0 amide bonds. The molecule has 2 rings (SSSR count). The second-order valence-electron chi connectivity index (χ2n) is 2.08. The van der Waals surface area contributed by atoms with Crippen molar-refractivity contribution >= 4 is 21.6 Å². The molecule has 1 aromatic heterocycles. The summed E-state index contributed by atoms with van der Waals surface area (Å²) in [7, 11) is 0. The van der Waals surface area contributed by atoms with Crippen LogP contribution in [-0.2, 0) is 0 Å². The maximum Gasteiger partial charge on any atom is 0.0814 e. The van der Waals surface area contributed by atoms with E-state index >= 15 is 0 Å². The van der Waals surface area contributed by atoms with Crippen molar-refractivity contribution < 1.29 is 0 Å². The highest BCUT2D eigenvalue weighted by Gasteiger charge is 1.93. The Labute approximate surface area is 63.3 Å². The van der Waals surface area contributed by atoms with E-state index in [2.05, 4.69) is 4.98 Å². The molecule has 1 aromatic carbocycles. The fraction of sp³-hybridized carbons (Fsp3) is 0. The number of rotatable bonds is 0. The first kappa shape index (κ1) is 5.86. The summed E-state index contributed by atoms with van der Waals surface area (Å²) < 4.78 is 1.19. The van der Waals surface area contributed by atoms with Gasteiger partial charge in [-0.05, 0) is 24.6 Å². The van der Waals surface area contributed by atoms with E-state index in [0.29, 0.717) is 0 Å². The minimum Gasteiger partial charge on any atom is -0.245 e. The van der Waals surface area contributed by atoms with Crippen LogP contribution in [-0.4, -0.2) is 4.98 Å². The Bertz CT molecular complexity index is 351. The van der Waals surface area contributed by atoms with E-state index in [0.717, 1.165) is 11.1 Å². The summed E-state index contributed by atoms with van der Waals surface area (Å²) in [4.78, 5) is 4.12. The quantitative estimate of drug-likeness (QED) is 0.557. The fourth-order valence-corrected chi connectivity index (χ4v) is 1.53. The van der Waals surface area contributed by atoms with Crippen molar-refractivity contribution in [2.24, 2.45) is 0 Å². The third kappa shape index (κ3) is 0.809. The van der Waals surface area contributed by atoms with Crippen LogP contribution in [0.4, 0.5) is 0 Å². The molecule has 1 heterocycles. The number of aromatic nitrogens is 1. The molecule has 0 aliphatic rings. The smallest absolute Gasteiger partial charge is 0.0814 e. The van der Waals surface area contributed by atoms with Gasteiger partial charge in [0.15, 0.2) is 0 Å². The van der Waals surface area contributed by atoms with Gasteiger partial charge in [-0.15, -0.1) is 11.3 Å². The summed E-state index contributed by atoms with van der Waals surface area (Å²) in [6, 6.07) is 5.76. The number of benzene rings is 1. The highest BCUT2D eigenvalue weighted by Crippen LogP contribution is 2.17. The summed E-state index contributed by atoms with van der Waals surface area (Å²) in [6.45, 7) is 5.55. The molecule has 0 unspecified atom stereocenters. The molecule has 10 heavy (non-hydrogen) atoms. The van der Waals surface area contributed by atoms with Gasteiger partial charge in [-0.1, -0.05) is 6.07 Å². The molecule has 0 atom stereocenters. The molecular weight excluding hydrogens is 142 g/mol. The van der Waals surface area contributed by atoms with E-state index in [-0.39, 0.29) is 0 Å². The van der Waals surface area contributed by atoms with Crippen LogP contribution in [0, 0.1) is 6.92 Å². The lowest BCUT2D eigenvalue weighted by Crippen LogP contribution is -1.69. The minimum absolute atomic E-state index is 0.776. The van der Waals surface area contributed by atoms with Gasteiger partial charge in [0, 0.05) is 0 Å². The average molecular weight is 147 g/mol. The number of thiazole rings is 1. The molecule has 2 aromatic rings. The van der Waals surface area contributed by atoms with Gasteiger partial charge in [-0.25, -0.2) is 4.98 Å². The van der Waals surface area contributed by atoms with Crippen LogP contribution in [0.5, 0.6) is 0 Å². The van der Waals surface area contributed by atoms with Crippen molar-refractivity contribution in [2.75, 3.05) is 0 Å². The summed E-state index contributed by atoms with van der Waals surface area (Å²) in [5, 5.41) is 0. The Morgan fingerprint density at radius 3 is 3.20 bits per heavy atom. The molecule has 0 spiro atoms. The van der Waals surface area contributed by atoms with Gasteiger partial charge in [0.1, 0.15) is 0 Å². The lowest BCUT2D eigenvalue weighted by Gasteiger charge is -1.88. The Hall–Kier alpha value is -0.890. The molecule has 48 valence electrons. The zero-order chi connectivity index (χ0) is 6.97. The first-order chi connectivity index (χ1) is 4.86. The third-order valence-corrected chi connectivity index (χ3v) is 2.16. The number of hydrogen-bond donors (Lipinski definition) is 0. The van der Waals surface area contributed by atoms with Crippen molar-refractivity contribution in [3.63, 3.8) is 0 Å². The van der Waals surface area contributed by atoms with Gasteiger partial charge in [0.05, 0.1) is 15.7 Å². The maximum atomic E-state index is 5.55. The Morgan fingerprint density at radius 2 is 2.30 bits per heavy atom. The maximum absolute atomic E-state index is 5.55. The van der Waals surface area contributed by atoms with Gasteiger partial charge >= 0.3 is 0 Å². The van der Waals surface area contributed by atoms with Crippen molar-refractivity contribution in [2.45, 2.75) is 0 Å². The molecule has 2 radical (unpaired) electrons. The molecule has 0 bridgehead atoms. The zero-order valence-corrected chi connectivity index (χ0v) is 6.06. The highest BCUT2D eigenvalue weighted by atomic mass is 32.1. The van der Waals surface area contributed by atoms with Gasteiger partial charge < -0.3 is 0 Å². The van der Waals surface area contributed by atoms with Crippen molar-refractivity contribution in [3.8, 4) is 0 Å². The van der Waals surface area contributed by atoms with Gasteiger partial charge in [-0.2, -0.15) is 0 Å². The molecule has 0 N–H and O–H groups in total. The molecular formula is C8H5NS. The van der Waals surface area contributed by atoms with Gasteiger partial charge in [-0.3, -0.25) is 0 Å². The Kier molecular flexibility index (Phi) is 1.21. The molecule has 0 fully saturated rings. The molecule has 0 saturated carbocycles. The standard InChI is InChI=1S/C8H5NS/c1-6-2-3-8-7(4-6)9-5-10-8/h1-5H. The topological polar surface area (TPSA) is 12.9 Å². The first-order valence-corrected chi connectivity index (χ1v) is 3.83. The van der Waals surface area contributed by atoms with Crippen LogP contribution in [0.25, 0.3) is 10.2 Å². The molecule has 1 nitrogen and oxygen atoms in total. The van der Waals surface area contributed by atoms with Crippen LogP contribution in [0.3, 0.4) is 0 Å². The van der Waals surface area contributed by atoms with E-state index in [4.69, 9.17) is 6.92 Å². The lowest BCUT2D eigenvalue weighted by molar-refractivity contribution is 1.49. The van der Waals surface area contributed by atoms with Crippen LogP contribution in [0.15, 0.2) is 23.7 Å². The Morgan fingerprint density at radius 1 is 1.40 bits per heavy atom.